The Hall–Kier alpha value is -6.20. The Labute approximate surface area is 309 Å². The number of hydrogen-bond acceptors (Lipinski definition) is 4. The zero-order chi connectivity index (χ0) is 36.5. The molecule has 0 saturated carbocycles. The Balaban J connectivity index is 1.44. The molecule has 0 aliphatic carbocycles. The van der Waals surface area contributed by atoms with Crippen molar-refractivity contribution in [3.8, 4) is 45.0 Å². The SMILES string of the molecule is CC(C)(C)c1cc(-c2nc3ccccc3nc2-c2ccccc2)c2[nH]c3c(-c4nc5ccccc5nc4-c4ccccc4)cc(C(C)(C)C)cc3c2c1. The maximum absolute atomic E-state index is 5.39. The molecule has 0 spiro atoms. The van der Waals surface area contributed by atoms with Crippen LogP contribution in [-0.2, 0) is 10.8 Å². The van der Waals surface area contributed by atoms with Crippen LogP contribution in [-0.4, -0.2) is 24.9 Å². The summed E-state index contributed by atoms with van der Waals surface area (Å²) in [4.78, 5) is 25.3. The Morgan fingerprint density at radius 1 is 0.377 bits per heavy atom. The number of H-pyrrole nitrogens is 1. The molecule has 0 unspecified atom stereocenters. The van der Waals surface area contributed by atoms with Crippen LogP contribution >= 0.6 is 0 Å². The van der Waals surface area contributed by atoms with Crippen LogP contribution in [0, 0.1) is 0 Å². The molecule has 9 rings (SSSR count). The average molecular weight is 688 g/mol. The van der Waals surface area contributed by atoms with Crippen LogP contribution in [0.15, 0.2) is 133 Å². The third-order valence-electron chi connectivity index (χ3n) is 10.3. The van der Waals surface area contributed by atoms with E-state index in [0.717, 1.165) is 88.9 Å². The van der Waals surface area contributed by atoms with Gasteiger partial charge in [0.1, 0.15) is 0 Å². The van der Waals surface area contributed by atoms with Crippen molar-refractivity contribution in [1.82, 2.24) is 24.9 Å². The van der Waals surface area contributed by atoms with Gasteiger partial charge in [0.15, 0.2) is 0 Å². The van der Waals surface area contributed by atoms with E-state index in [1.54, 1.807) is 0 Å². The van der Waals surface area contributed by atoms with Gasteiger partial charge in [0.2, 0.25) is 0 Å². The van der Waals surface area contributed by atoms with Gasteiger partial charge < -0.3 is 4.98 Å². The topological polar surface area (TPSA) is 67.3 Å². The third-order valence-corrected chi connectivity index (χ3v) is 10.3. The monoisotopic (exact) mass is 687 g/mol. The van der Waals surface area contributed by atoms with E-state index in [1.165, 1.54) is 11.1 Å². The summed E-state index contributed by atoms with van der Waals surface area (Å²) in [6, 6.07) is 46.5. The van der Waals surface area contributed by atoms with Gasteiger partial charge in [0.25, 0.3) is 0 Å². The molecule has 53 heavy (non-hydrogen) atoms. The minimum Gasteiger partial charge on any atom is -0.353 e. The molecular weight excluding hydrogens is 647 g/mol. The highest BCUT2D eigenvalue weighted by molar-refractivity contribution is 6.17. The molecular formula is C48H41N5. The van der Waals surface area contributed by atoms with Crippen molar-refractivity contribution >= 4 is 43.9 Å². The molecule has 0 saturated heterocycles. The third kappa shape index (κ3) is 5.73. The second kappa shape index (κ2) is 12.2. The number of benzene rings is 6. The largest absolute Gasteiger partial charge is 0.353 e. The van der Waals surface area contributed by atoms with Crippen molar-refractivity contribution < 1.29 is 0 Å². The van der Waals surface area contributed by atoms with E-state index in [9.17, 15) is 0 Å². The first-order valence-corrected chi connectivity index (χ1v) is 18.3. The molecule has 0 aliphatic rings. The first-order valence-electron chi connectivity index (χ1n) is 18.3. The number of fused-ring (bicyclic) bond motifs is 5. The smallest absolute Gasteiger partial charge is 0.0994 e. The molecule has 9 aromatic rings. The fourth-order valence-corrected chi connectivity index (χ4v) is 7.31. The van der Waals surface area contributed by atoms with Crippen LogP contribution in [0.1, 0.15) is 52.7 Å². The lowest BCUT2D eigenvalue weighted by molar-refractivity contribution is 0.590. The zero-order valence-electron chi connectivity index (χ0n) is 31.0. The number of hydrogen-bond donors (Lipinski definition) is 1. The van der Waals surface area contributed by atoms with Gasteiger partial charge in [-0.1, -0.05) is 126 Å². The van der Waals surface area contributed by atoms with Crippen molar-refractivity contribution in [2.45, 2.75) is 52.4 Å². The summed E-state index contributed by atoms with van der Waals surface area (Å²) in [5.74, 6) is 0. The van der Waals surface area contributed by atoms with E-state index in [-0.39, 0.29) is 10.8 Å². The molecule has 0 aliphatic heterocycles. The van der Waals surface area contributed by atoms with Gasteiger partial charge >= 0.3 is 0 Å². The normalized spacial score (nSPS) is 12.3. The summed E-state index contributed by atoms with van der Waals surface area (Å²) >= 11 is 0. The summed E-state index contributed by atoms with van der Waals surface area (Å²) in [6.45, 7) is 13.7. The number of rotatable bonds is 4. The lowest BCUT2D eigenvalue weighted by Crippen LogP contribution is -2.12. The second-order valence-electron chi connectivity index (χ2n) is 16.1. The van der Waals surface area contributed by atoms with E-state index in [4.69, 9.17) is 19.9 Å². The molecule has 0 amide bonds. The quantitative estimate of drug-likeness (QED) is 0.200. The van der Waals surface area contributed by atoms with E-state index < -0.39 is 0 Å². The van der Waals surface area contributed by atoms with Crippen LogP contribution in [0.25, 0.3) is 88.9 Å². The highest BCUT2D eigenvalue weighted by atomic mass is 14.9. The highest BCUT2D eigenvalue weighted by Crippen LogP contribution is 2.45. The highest BCUT2D eigenvalue weighted by Gasteiger charge is 2.26. The summed E-state index contributed by atoms with van der Waals surface area (Å²) < 4.78 is 0. The van der Waals surface area contributed by atoms with Gasteiger partial charge in [-0.25, -0.2) is 19.9 Å². The summed E-state index contributed by atoms with van der Waals surface area (Å²) in [5.41, 5.74) is 15.3. The van der Waals surface area contributed by atoms with Crippen LogP contribution in [0.4, 0.5) is 0 Å². The van der Waals surface area contributed by atoms with Gasteiger partial charge in [-0.3, -0.25) is 0 Å². The average Bonchev–Trinajstić information content (AvgIpc) is 3.55. The predicted molar refractivity (Wildman–Crippen MR) is 221 cm³/mol. The predicted octanol–water partition coefficient (Wildman–Crippen LogP) is 12.5. The van der Waals surface area contributed by atoms with Crippen LogP contribution in [0.3, 0.4) is 0 Å². The minimum absolute atomic E-state index is 0.126. The van der Waals surface area contributed by atoms with Gasteiger partial charge in [-0.05, 0) is 70.5 Å². The van der Waals surface area contributed by atoms with Crippen LogP contribution in [0.2, 0.25) is 0 Å². The van der Waals surface area contributed by atoms with E-state index in [0.29, 0.717) is 0 Å². The van der Waals surface area contributed by atoms with Crippen LogP contribution < -0.4 is 0 Å². The molecule has 0 bridgehead atoms. The number of nitrogens with zero attached hydrogens (tertiary/aromatic N) is 4. The lowest BCUT2D eigenvalue weighted by atomic mass is 9.82. The van der Waals surface area contributed by atoms with Crippen LogP contribution in [0.5, 0.6) is 0 Å². The number of aromatic nitrogens is 5. The van der Waals surface area contributed by atoms with Gasteiger partial charge in [-0.15, -0.1) is 0 Å². The lowest BCUT2D eigenvalue weighted by Gasteiger charge is -2.22. The molecule has 0 fully saturated rings. The molecule has 0 atom stereocenters. The Morgan fingerprint density at radius 3 is 1.04 bits per heavy atom. The molecule has 0 radical (unpaired) electrons. The molecule has 5 nitrogen and oxygen atoms in total. The van der Waals surface area contributed by atoms with E-state index >= 15 is 0 Å². The number of aromatic amines is 1. The maximum Gasteiger partial charge on any atom is 0.0994 e. The second-order valence-corrected chi connectivity index (χ2v) is 16.1. The molecule has 5 heteroatoms. The Kier molecular flexibility index (Phi) is 7.53. The van der Waals surface area contributed by atoms with Gasteiger partial charge in [0, 0.05) is 33.0 Å². The minimum atomic E-state index is -0.126. The number of nitrogens with one attached hydrogen (secondary N) is 1. The van der Waals surface area contributed by atoms with Crippen molar-refractivity contribution in [2.75, 3.05) is 0 Å². The van der Waals surface area contributed by atoms with Gasteiger partial charge in [0.05, 0.1) is 55.9 Å². The van der Waals surface area contributed by atoms with Crippen molar-refractivity contribution in [3.05, 3.63) is 145 Å². The maximum atomic E-state index is 5.39. The van der Waals surface area contributed by atoms with Crippen molar-refractivity contribution in [1.29, 1.82) is 0 Å². The van der Waals surface area contributed by atoms with E-state index in [1.807, 2.05) is 60.7 Å². The van der Waals surface area contributed by atoms with E-state index in [2.05, 4.69) is 119 Å². The Bertz CT molecular complexity index is 2640. The first kappa shape index (κ1) is 32.7. The molecule has 258 valence electrons. The van der Waals surface area contributed by atoms with Gasteiger partial charge in [-0.2, -0.15) is 0 Å². The fraction of sp³-hybridized carbons (Fsp3) is 0.167. The fourth-order valence-electron chi connectivity index (χ4n) is 7.31. The Morgan fingerprint density at radius 2 is 0.698 bits per heavy atom. The summed E-state index contributed by atoms with van der Waals surface area (Å²) in [7, 11) is 0. The molecule has 3 aromatic heterocycles. The van der Waals surface area contributed by atoms with Crippen molar-refractivity contribution in [2.24, 2.45) is 0 Å². The molecule has 6 aromatic carbocycles. The zero-order valence-corrected chi connectivity index (χ0v) is 31.0. The first-order chi connectivity index (χ1) is 25.5. The number of para-hydroxylation sites is 4. The van der Waals surface area contributed by atoms with Crippen molar-refractivity contribution in [3.63, 3.8) is 0 Å². The molecule has 3 heterocycles. The summed E-state index contributed by atoms with van der Waals surface area (Å²) in [6.07, 6.45) is 0. The standard InChI is InChI=1S/C48H41N5/c1-47(2,3)31-25-33-34-26-32(48(4,5)6)28-36(46-42(30-19-11-8-12-20-30)50-38-22-14-16-24-40(38)52-46)44(34)53-43(33)35(27-31)45-41(29-17-9-7-10-18-29)49-37-21-13-15-23-39(37)51-45/h7-28,53H,1-6H3. The molecule has 1 N–H and O–H groups in total. The summed E-state index contributed by atoms with van der Waals surface area (Å²) in [5, 5.41) is 2.30.